The van der Waals surface area contributed by atoms with Crippen LogP contribution in [0.4, 0.5) is 13.2 Å². The number of ether oxygens (including phenoxy) is 1. The Morgan fingerprint density at radius 1 is 1.42 bits per heavy atom. The highest BCUT2D eigenvalue weighted by Crippen LogP contribution is 2.22. The summed E-state index contributed by atoms with van der Waals surface area (Å²) >= 11 is 0. The second kappa shape index (κ2) is 6.42. The SMILES string of the molecule is C[C@@H](N)c1ccccc1OCC(=O)NCC(F)(F)F. The summed E-state index contributed by atoms with van der Waals surface area (Å²) < 4.78 is 40.8. The minimum absolute atomic E-state index is 0.297. The fourth-order valence-corrected chi connectivity index (χ4v) is 1.38. The van der Waals surface area contributed by atoms with Crippen molar-refractivity contribution in [3.8, 4) is 5.75 Å². The zero-order valence-electron chi connectivity index (χ0n) is 10.3. The lowest BCUT2D eigenvalue weighted by atomic mass is 10.1. The minimum Gasteiger partial charge on any atom is -0.483 e. The lowest BCUT2D eigenvalue weighted by Gasteiger charge is -2.14. The lowest BCUT2D eigenvalue weighted by Crippen LogP contribution is -2.36. The first-order valence-corrected chi connectivity index (χ1v) is 5.60. The van der Waals surface area contributed by atoms with Crippen LogP contribution < -0.4 is 15.8 Å². The molecule has 0 aliphatic carbocycles. The number of alkyl halides is 3. The van der Waals surface area contributed by atoms with Gasteiger partial charge in [-0.25, -0.2) is 0 Å². The van der Waals surface area contributed by atoms with Gasteiger partial charge in [0.15, 0.2) is 6.61 Å². The number of amides is 1. The van der Waals surface area contributed by atoms with E-state index in [2.05, 4.69) is 0 Å². The van der Waals surface area contributed by atoms with Crippen molar-refractivity contribution in [3.63, 3.8) is 0 Å². The van der Waals surface area contributed by atoms with E-state index in [0.717, 1.165) is 0 Å². The molecule has 0 bridgehead atoms. The average molecular weight is 276 g/mol. The second-order valence-corrected chi connectivity index (χ2v) is 4.01. The third-order valence-electron chi connectivity index (χ3n) is 2.25. The van der Waals surface area contributed by atoms with Crippen LogP contribution in [0.5, 0.6) is 5.75 Å². The van der Waals surface area contributed by atoms with Gasteiger partial charge in [0.05, 0.1) is 0 Å². The fraction of sp³-hybridized carbons (Fsp3) is 0.417. The Morgan fingerprint density at radius 2 is 2.05 bits per heavy atom. The van der Waals surface area contributed by atoms with Gasteiger partial charge < -0.3 is 15.8 Å². The fourth-order valence-electron chi connectivity index (χ4n) is 1.38. The molecule has 0 saturated carbocycles. The standard InChI is InChI=1S/C12H15F3N2O2/c1-8(16)9-4-2-3-5-10(9)19-6-11(18)17-7-12(13,14)15/h2-5,8H,6-7,16H2,1H3,(H,17,18)/t8-/m1/s1. The van der Waals surface area contributed by atoms with E-state index in [1.165, 1.54) is 0 Å². The first-order valence-electron chi connectivity index (χ1n) is 5.60. The van der Waals surface area contributed by atoms with Gasteiger partial charge in [-0.3, -0.25) is 4.79 Å². The maximum atomic E-state index is 11.9. The number of para-hydroxylation sites is 1. The summed E-state index contributed by atoms with van der Waals surface area (Å²) in [4.78, 5) is 11.2. The van der Waals surface area contributed by atoms with Crippen molar-refractivity contribution in [1.29, 1.82) is 0 Å². The second-order valence-electron chi connectivity index (χ2n) is 4.01. The molecule has 0 radical (unpaired) electrons. The number of halogens is 3. The van der Waals surface area contributed by atoms with E-state index >= 15 is 0 Å². The van der Waals surface area contributed by atoms with Gasteiger partial charge in [0.1, 0.15) is 12.3 Å². The molecule has 0 aliphatic rings. The molecule has 1 aromatic carbocycles. The maximum Gasteiger partial charge on any atom is 0.405 e. The van der Waals surface area contributed by atoms with E-state index < -0.39 is 25.2 Å². The zero-order chi connectivity index (χ0) is 14.5. The molecule has 0 spiro atoms. The normalized spacial score (nSPS) is 12.9. The van der Waals surface area contributed by atoms with Gasteiger partial charge >= 0.3 is 6.18 Å². The van der Waals surface area contributed by atoms with Crippen molar-refractivity contribution >= 4 is 5.91 Å². The molecular formula is C12H15F3N2O2. The van der Waals surface area contributed by atoms with Gasteiger partial charge in [-0.1, -0.05) is 18.2 Å². The summed E-state index contributed by atoms with van der Waals surface area (Å²) in [6.45, 7) is -0.115. The topological polar surface area (TPSA) is 64.3 Å². The Balaban J connectivity index is 2.51. The van der Waals surface area contributed by atoms with E-state index in [-0.39, 0.29) is 6.04 Å². The molecule has 106 valence electrons. The van der Waals surface area contributed by atoms with Crippen LogP contribution in [0.15, 0.2) is 24.3 Å². The molecule has 19 heavy (non-hydrogen) atoms. The van der Waals surface area contributed by atoms with E-state index in [9.17, 15) is 18.0 Å². The molecule has 1 amide bonds. The first-order chi connectivity index (χ1) is 8.79. The van der Waals surface area contributed by atoms with Crippen LogP contribution in [-0.2, 0) is 4.79 Å². The number of hydrogen-bond donors (Lipinski definition) is 2. The Morgan fingerprint density at radius 3 is 2.63 bits per heavy atom. The molecule has 3 N–H and O–H groups in total. The molecule has 0 heterocycles. The van der Waals surface area contributed by atoms with Crippen molar-refractivity contribution in [2.45, 2.75) is 19.1 Å². The summed E-state index contributed by atoms with van der Waals surface area (Å²) in [7, 11) is 0. The highest BCUT2D eigenvalue weighted by molar-refractivity contribution is 5.77. The van der Waals surface area contributed by atoms with Gasteiger partial charge in [0, 0.05) is 11.6 Å². The maximum absolute atomic E-state index is 11.9. The molecule has 1 aromatic rings. The Hall–Kier alpha value is -1.76. The van der Waals surface area contributed by atoms with Crippen LogP contribution in [0.1, 0.15) is 18.5 Å². The molecule has 4 nitrogen and oxygen atoms in total. The van der Waals surface area contributed by atoms with E-state index in [4.69, 9.17) is 10.5 Å². The summed E-state index contributed by atoms with van der Waals surface area (Å²) in [5.41, 5.74) is 6.39. The quantitative estimate of drug-likeness (QED) is 0.861. The number of rotatable bonds is 5. The van der Waals surface area contributed by atoms with Crippen LogP contribution in [-0.4, -0.2) is 25.2 Å². The lowest BCUT2D eigenvalue weighted by molar-refractivity contribution is -0.139. The average Bonchev–Trinajstić information content (AvgIpc) is 2.33. The van der Waals surface area contributed by atoms with Crippen LogP contribution in [0.25, 0.3) is 0 Å². The van der Waals surface area contributed by atoms with Gasteiger partial charge in [-0.2, -0.15) is 13.2 Å². The largest absolute Gasteiger partial charge is 0.483 e. The van der Waals surface area contributed by atoms with Crippen molar-refractivity contribution < 1.29 is 22.7 Å². The third kappa shape index (κ3) is 5.60. The Labute approximate surface area is 108 Å². The van der Waals surface area contributed by atoms with Crippen molar-refractivity contribution in [2.75, 3.05) is 13.2 Å². The van der Waals surface area contributed by atoms with Crippen molar-refractivity contribution in [2.24, 2.45) is 5.73 Å². The first kappa shape index (κ1) is 15.3. The van der Waals surface area contributed by atoms with E-state index in [0.29, 0.717) is 11.3 Å². The molecule has 0 fully saturated rings. The van der Waals surface area contributed by atoms with E-state index in [1.807, 2.05) is 0 Å². The van der Waals surface area contributed by atoms with Crippen LogP contribution in [0.2, 0.25) is 0 Å². The third-order valence-corrected chi connectivity index (χ3v) is 2.25. The van der Waals surface area contributed by atoms with Crippen molar-refractivity contribution in [1.82, 2.24) is 5.32 Å². The molecule has 0 aromatic heterocycles. The summed E-state index contributed by atoms with van der Waals surface area (Å²) in [5.74, 6) is -0.448. The van der Waals surface area contributed by atoms with E-state index in [1.54, 1.807) is 36.5 Å². The molecule has 0 unspecified atom stereocenters. The number of carbonyl (C=O) groups excluding carboxylic acids is 1. The summed E-state index contributed by atoms with van der Waals surface area (Å²) in [5, 5.41) is 1.72. The predicted octanol–water partition coefficient (Wildman–Crippen LogP) is 1.76. The molecular weight excluding hydrogens is 261 g/mol. The number of hydrogen-bond acceptors (Lipinski definition) is 3. The van der Waals surface area contributed by atoms with Gasteiger partial charge in [0.25, 0.3) is 5.91 Å². The monoisotopic (exact) mass is 276 g/mol. The molecule has 0 aliphatic heterocycles. The Kier molecular flexibility index (Phi) is 5.17. The number of nitrogens with two attached hydrogens (primary N) is 1. The molecule has 7 heteroatoms. The molecule has 0 saturated heterocycles. The van der Waals surface area contributed by atoms with Gasteiger partial charge in [0.2, 0.25) is 0 Å². The van der Waals surface area contributed by atoms with Gasteiger partial charge in [-0.15, -0.1) is 0 Å². The highest BCUT2D eigenvalue weighted by Gasteiger charge is 2.27. The number of nitrogens with one attached hydrogen (secondary N) is 1. The number of benzene rings is 1. The Bertz CT molecular complexity index is 433. The predicted molar refractivity (Wildman–Crippen MR) is 63.6 cm³/mol. The van der Waals surface area contributed by atoms with Crippen molar-refractivity contribution in [3.05, 3.63) is 29.8 Å². The van der Waals surface area contributed by atoms with Crippen LogP contribution in [0, 0.1) is 0 Å². The molecule has 1 rings (SSSR count). The molecule has 1 atom stereocenters. The summed E-state index contributed by atoms with van der Waals surface area (Å²) in [6, 6.07) is 6.49. The van der Waals surface area contributed by atoms with Crippen LogP contribution >= 0.6 is 0 Å². The zero-order valence-corrected chi connectivity index (χ0v) is 10.3. The number of carbonyl (C=O) groups is 1. The highest BCUT2D eigenvalue weighted by atomic mass is 19.4. The smallest absolute Gasteiger partial charge is 0.405 e. The summed E-state index contributed by atoms with van der Waals surface area (Å²) in [6.07, 6.45) is -4.43. The minimum atomic E-state index is -4.43. The van der Waals surface area contributed by atoms with Gasteiger partial charge in [-0.05, 0) is 13.0 Å². The van der Waals surface area contributed by atoms with Crippen LogP contribution in [0.3, 0.4) is 0 Å².